The van der Waals surface area contributed by atoms with Crippen LogP contribution in [-0.4, -0.2) is 15.0 Å². The lowest BCUT2D eigenvalue weighted by Crippen LogP contribution is -2.16. The Hall–Kier alpha value is -2.79. The number of nitrogens with one attached hydrogen (secondary N) is 2. The van der Waals surface area contributed by atoms with Crippen molar-refractivity contribution >= 4 is 40.8 Å². The van der Waals surface area contributed by atoms with E-state index in [1.807, 2.05) is 0 Å². The van der Waals surface area contributed by atoms with E-state index in [1.54, 1.807) is 6.07 Å². The predicted octanol–water partition coefficient (Wildman–Crippen LogP) is 6.57. The van der Waals surface area contributed by atoms with Crippen LogP contribution in [0.5, 0.6) is 0 Å². The highest BCUT2D eigenvalue weighted by Gasteiger charge is 2.36. The molecule has 2 N–H and O–H groups in total. The van der Waals surface area contributed by atoms with Crippen LogP contribution in [0.25, 0.3) is 0 Å². The molecule has 0 bridgehead atoms. The lowest BCUT2D eigenvalue weighted by molar-refractivity contribution is -0.144. The molecule has 0 radical (unpaired) electrons. The molecule has 5 nitrogen and oxygen atoms in total. The summed E-state index contributed by atoms with van der Waals surface area (Å²) in [6, 6.07) is 8.48. The summed E-state index contributed by atoms with van der Waals surface area (Å²) in [6.07, 6.45) is -9.53. The van der Waals surface area contributed by atoms with Crippen molar-refractivity contribution in [1.82, 2.24) is 15.0 Å². The van der Waals surface area contributed by atoms with E-state index in [0.29, 0.717) is 10.6 Å². The molecule has 1 heterocycles. The molecule has 164 valence electrons. The van der Waals surface area contributed by atoms with Crippen molar-refractivity contribution < 1.29 is 26.3 Å². The van der Waals surface area contributed by atoms with Crippen LogP contribution in [0.4, 0.5) is 43.9 Å². The third kappa shape index (κ3) is 6.11. The molecule has 0 spiro atoms. The first-order valence-corrected chi connectivity index (χ1v) is 9.13. The van der Waals surface area contributed by atoms with Crippen molar-refractivity contribution in [3.63, 3.8) is 0 Å². The van der Waals surface area contributed by atoms with Crippen molar-refractivity contribution in [3.8, 4) is 0 Å². The Labute approximate surface area is 181 Å². The van der Waals surface area contributed by atoms with Crippen LogP contribution in [0.1, 0.15) is 17.0 Å². The largest absolute Gasteiger partial charge is 0.451 e. The summed E-state index contributed by atoms with van der Waals surface area (Å²) in [5.74, 6) is -2.55. The fraction of sp³-hybridized carbons (Fsp3) is 0.167. The Balaban J connectivity index is 1.87. The highest BCUT2D eigenvalue weighted by molar-refractivity contribution is 6.42. The Bertz CT molecular complexity index is 1090. The van der Waals surface area contributed by atoms with E-state index in [9.17, 15) is 26.3 Å². The van der Waals surface area contributed by atoms with Gasteiger partial charge in [-0.05, 0) is 35.9 Å². The molecule has 1 aromatic heterocycles. The number of alkyl halides is 6. The number of nitrogens with zero attached hydrogens (tertiary/aromatic N) is 3. The lowest BCUT2D eigenvalue weighted by Gasteiger charge is -2.13. The molecule has 0 amide bonds. The van der Waals surface area contributed by atoms with Gasteiger partial charge in [0.15, 0.2) is 0 Å². The molecule has 2 aromatic carbocycles. The Morgan fingerprint density at radius 1 is 0.774 bits per heavy atom. The van der Waals surface area contributed by atoms with Gasteiger partial charge in [0, 0.05) is 12.2 Å². The van der Waals surface area contributed by atoms with E-state index in [4.69, 9.17) is 23.2 Å². The monoisotopic (exact) mass is 481 g/mol. The van der Waals surface area contributed by atoms with Gasteiger partial charge in [-0.25, -0.2) is 0 Å². The van der Waals surface area contributed by atoms with Crippen LogP contribution >= 0.6 is 23.2 Å². The van der Waals surface area contributed by atoms with Gasteiger partial charge in [0.05, 0.1) is 15.6 Å². The first-order valence-electron chi connectivity index (χ1n) is 8.37. The average molecular weight is 482 g/mol. The van der Waals surface area contributed by atoms with Gasteiger partial charge in [-0.15, -0.1) is 0 Å². The van der Waals surface area contributed by atoms with Gasteiger partial charge >= 0.3 is 12.4 Å². The van der Waals surface area contributed by atoms with Gasteiger partial charge < -0.3 is 10.6 Å². The minimum atomic E-state index is -4.91. The van der Waals surface area contributed by atoms with Crippen LogP contribution < -0.4 is 10.6 Å². The highest BCUT2D eigenvalue weighted by atomic mass is 35.5. The van der Waals surface area contributed by atoms with Gasteiger partial charge in [0.2, 0.25) is 17.7 Å². The van der Waals surface area contributed by atoms with Gasteiger partial charge in [-0.1, -0.05) is 35.3 Å². The summed E-state index contributed by atoms with van der Waals surface area (Å²) in [4.78, 5) is 10.4. The number of hydrogen-bond acceptors (Lipinski definition) is 5. The molecular weight excluding hydrogens is 471 g/mol. The molecule has 31 heavy (non-hydrogen) atoms. The number of benzene rings is 2. The van der Waals surface area contributed by atoms with E-state index in [0.717, 1.165) is 18.2 Å². The predicted molar refractivity (Wildman–Crippen MR) is 103 cm³/mol. The second-order valence-electron chi connectivity index (χ2n) is 6.11. The average Bonchev–Trinajstić information content (AvgIpc) is 2.68. The summed E-state index contributed by atoms with van der Waals surface area (Å²) in [7, 11) is 0. The minimum absolute atomic E-state index is 0.00119. The maximum Gasteiger partial charge on any atom is 0.451 e. The molecule has 0 saturated heterocycles. The van der Waals surface area contributed by atoms with E-state index >= 15 is 0 Å². The van der Waals surface area contributed by atoms with Gasteiger partial charge in [0.1, 0.15) is 0 Å². The number of hydrogen-bond donors (Lipinski definition) is 2. The quantitative estimate of drug-likeness (QED) is 0.403. The molecule has 0 aliphatic carbocycles. The van der Waals surface area contributed by atoms with Crippen molar-refractivity contribution in [3.05, 3.63) is 69.5 Å². The van der Waals surface area contributed by atoms with E-state index < -0.39 is 35.6 Å². The standard InChI is InChI=1S/C18H11Cl2F6N5/c19-12-5-4-9(6-13(12)20)8-27-15-29-14(18(24,25)26)30-16(31-15)28-11-3-1-2-10(7-11)17(21,22)23/h1-7H,8H2,(H2,27,28,29,30,31). The van der Waals surface area contributed by atoms with Gasteiger partial charge in [-0.2, -0.15) is 41.3 Å². The topological polar surface area (TPSA) is 62.7 Å². The Morgan fingerprint density at radius 3 is 2.13 bits per heavy atom. The molecular formula is C18H11Cl2F6N5. The normalized spacial score (nSPS) is 12.0. The summed E-state index contributed by atoms with van der Waals surface area (Å²) in [6.45, 7) is 0.00119. The van der Waals surface area contributed by atoms with E-state index in [-0.39, 0.29) is 17.3 Å². The maximum absolute atomic E-state index is 13.2. The molecule has 0 aliphatic rings. The van der Waals surface area contributed by atoms with Crippen molar-refractivity contribution in [2.75, 3.05) is 10.6 Å². The number of anilines is 3. The van der Waals surface area contributed by atoms with Crippen molar-refractivity contribution in [2.24, 2.45) is 0 Å². The van der Waals surface area contributed by atoms with Crippen LogP contribution in [0.15, 0.2) is 42.5 Å². The first kappa shape index (κ1) is 22.9. The maximum atomic E-state index is 13.2. The lowest BCUT2D eigenvalue weighted by atomic mass is 10.2. The van der Waals surface area contributed by atoms with Crippen molar-refractivity contribution in [1.29, 1.82) is 0 Å². The van der Waals surface area contributed by atoms with Crippen LogP contribution in [-0.2, 0) is 18.9 Å². The van der Waals surface area contributed by atoms with Crippen LogP contribution in [0.2, 0.25) is 10.0 Å². The summed E-state index contributed by atoms with van der Waals surface area (Å²) in [5, 5.41) is 5.49. The number of rotatable bonds is 5. The van der Waals surface area contributed by atoms with E-state index in [1.165, 1.54) is 18.2 Å². The molecule has 0 aliphatic heterocycles. The molecule has 0 atom stereocenters. The number of aromatic nitrogens is 3. The Kier molecular flexibility index (Phi) is 6.46. The van der Waals surface area contributed by atoms with Crippen LogP contribution in [0, 0.1) is 0 Å². The zero-order valence-electron chi connectivity index (χ0n) is 15.1. The van der Waals surface area contributed by atoms with Gasteiger partial charge in [0.25, 0.3) is 0 Å². The highest BCUT2D eigenvalue weighted by Crippen LogP contribution is 2.32. The zero-order chi connectivity index (χ0) is 22.8. The molecule has 0 saturated carbocycles. The van der Waals surface area contributed by atoms with Gasteiger partial charge in [-0.3, -0.25) is 0 Å². The summed E-state index contributed by atoms with van der Waals surface area (Å²) >= 11 is 11.7. The first-order chi connectivity index (χ1) is 14.4. The minimum Gasteiger partial charge on any atom is -0.350 e. The zero-order valence-corrected chi connectivity index (χ0v) is 16.6. The molecule has 0 unspecified atom stereocenters. The second kappa shape index (κ2) is 8.75. The SMILES string of the molecule is FC(F)(F)c1cccc(Nc2nc(NCc3ccc(Cl)c(Cl)c3)nc(C(F)(F)F)n2)c1. The Morgan fingerprint density at radius 2 is 1.48 bits per heavy atom. The smallest absolute Gasteiger partial charge is 0.350 e. The molecule has 0 fully saturated rings. The fourth-order valence-corrected chi connectivity index (χ4v) is 2.69. The number of halogens is 8. The molecule has 3 rings (SSSR count). The second-order valence-corrected chi connectivity index (χ2v) is 6.92. The van der Waals surface area contributed by atoms with Crippen molar-refractivity contribution in [2.45, 2.75) is 18.9 Å². The van der Waals surface area contributed by atoms with Crippen LogP contribution in [0.3, 0.4) is 0 Å². The third-order valence-electron chi connectivity index (χ3n) is 3.77. The molecule has 13 heteroatoms. The summed E-state index contributed by atoms with van der Waals surface area (Å²) in [5.41, 5.74) is -0.555. The fourth-order valence-electron chi connectivity index (χ4n) is 2.37. The van der Waals surface area contributed by atoms with E-state index in [2.05, 4.69) is 25.6 Å². The molecule has 3 aromatic rings. The third-order valence-corrected chi connectivity index (χ3v) is 4.51. The summed E-state index contributed by atoms with van der Waals surface area (Å²) < 4.78 is 78.1.